The lowest BCUT2D eigenvalue weighted by Gasteiger charge is -2.26. The monoisotopic (exact) mass is 222 g/mol. The first-order chi connectivity index (χ1) is 7.31. The Labute approximate surface area is 95.3 Å². The molecule has 0 radical (unpaired) electrons. The Balaban J connectivity index is 2.87. The van der Waals surface area contributed by atoms with E-state index in [-0.39, 0.29) is 22.3 Å². The van der Waals surface area contributed by atoms with Crippen LogP contribution in [0.1, 0.15) is 31.1 Å². The van der Waals surface area contributed by atoms with E-state index in [1.165, 1.54) is 18.5 Å². The highest BCUT2D eigenvalue weighted by Crippen LogP contribution is 2.14. The van der Waals surface area contributed by atoms with Crippen LogP contribution in [-0.2, 0) is 0 Å². The molecule has 0 unspecified atom stereocenters. The molecule has 0 saturated carbocycles. The minimum Gasteiger partial charge on any atom is -0.367 e. The van der Waals surface area contributed by atoms with E-state index in [4.69, 9.17) is 0 Å². The van der Waals surface area contributed by atoms with E-state index < -0.39 is 0 Å². The molecule has 0 saturated heterocycles. The van der Waals surface area contributed by atoms with E-state index in [1.54, 1.807) is 11.9 Å². The van der Waals surface area contributed by atoms with Crippen LogP contribution in [-0.4, -0.2) is 29.4 Å². The van der Waals surface area contributed by atoms with Crippen LogP contribution < -0.4 is 5.43 Å². The standard InChI is InChI=1S/C12H18N2O2/c1-12(2,3)8-14(4)11(16)9-7-13-6-5-10(9)15/h5-7H,8H2,1-4H3,(H,13,15). The fourth-order valence-corrected chi connectivity index (χ4v) is 1.57. The highest BCUT2D eigenvalue weighted by Gasteiger charge is 2.20. The second kappa shape index (κ2) is 4.51. The van der Waals surface area contributed by atoms with Gasteiger partial charge in [0.05, 0.1) is 0 Å². The van der Waals surface area contributed by atoms with Crippen LogP contribution in [0.15, 0.2) is 23.3 Å². The molecule has 4 nitrogen and oxygen atoms in total. The molecule has 88 valence electrons. The third-order valence-electron chi connectivity index (χ3n) is 2.11. The van der Waals surface area contributed by atoms with Gasteiger partial charge in [-0.05, 0) is 5.41 Å². The van der Waals surface area contributed by atoms with E-state index in [2.05, 4.69) is 4.98 Å². The van der Waals surface area contributed by atoms with Gasteiger partial charge >= 0.3 is 0 Å². The lowest BCUT2D eigenvalue weighted by Crippen LogP contribution is -2.36. The van der Waals surface area contributed by atoms with Crippen LogP contribution in [0.25, 0.3) is 0 Å². The average molecular weight is 222 g/mol. The van der Waals surface area contributed by atoms with Gasteiger partial charge in [-0.2, -0.15) is 0 Å². The van der Waals surface area contributed by atoms with Gasteiger partial charge in [0.25, 0.3) is 5.91 Å². The van der Waals surface area contributed by atoms with Gasteiger partial charge in [0, 0.05) is 32.1 Å². The second-order valence-electron chi connectivity index (χ2n) is 5.14. The van der Waals surface area contributed by atoms with E-state index in [1.807, 2.05) is 20.8 Å². The number of aromatic nitrogens is 1. The van der Waals surface area contributed by atoms with Crippen molar-refractivity contribution in [1.82, 2.24) is 9.88 Å². The minimum atomic E-state index is -0.246. The Kier molecular flexibility index (Phi) is 3.52. The molecule has 0 spiro atoms. The quantitative estimate of drug-likeness (QED) is 0.824. The third-order valence-corrected chi connectivity index (χ3v) is 2.11. The summed E-state index contributed by atoms with van der Waals surface area (Å²) < 4.78 is 0. The van der Waals surface area contributed by atoms with E-state index >= 15 is 0 Å². The summed E-state index contributed by atoms with van der Waals surface area (Å²) in [6.07, 6.45) is 2.96. The Hall–Kier alpha value is -1.58. The van der Waals surface area contributed by atoms with Crippen molar-refractivity contribution < 1.29 is 4.79 Å². The SMILES string of the molecule is CN(CC(C)(C)C)C(=O)c1c[nH]ccc1=O. The Morgan fingerprint density at radius 2 is 2.06 bits per heavy atom. The highest BCUT2D eigenvalue weighted by molar-refractivity contribution is 5.93. The number of pyridine rings is 1. The first kappa shape index (κ1) is 12.5. The molecule has 0 aliphatic rings. The number of hydrogen-bond donors (Lipinski definition) is 1. The molecule has 1 aromatic rings. The smallest absolute Gasteiger partial charge is 0.259 e. The van der Waals surface area contributed by atoms with Gasteiger partial charge in [-0.15, -0.1) is 0 Å². The Morgan fingerprint density at radius 3 is 2.56 bits per heavy atom. The first-order valence-electron chi connectivity index (χ1n) is 5.24. The van der Waals surface area contributed by atoms with Crippen LogP contribution in [0.2, 0.25) is 0 Å². The van der Waals surface area contributed by atoms with Gasteiger partial charge in [0.2, 0.25) is 0 Å². The molecule has 1 heterocycles. The van der Waals surface area contributed by atoms with E-state index in [0.29, 0.717) is 6.54 Å². The lowest BCUT2D eigenvalue weighted by molar-refractivity contribution is 0.0744. The van der Waals surface area contributed by atoms with Crippen LogP contribution in [0.5, 0.6) is 0 Å². The minimum absolute atomic E-state index is 0.0198. The van der Waals surface area contributed by atoms with Gasteiger partial charge in [-0.1, -0.05) is 20.8 Å². The normalized spacial score (nSPS) is 11.2. The van der Waals surface area contributed by atoms with E-state index in [0.717, 1.165) is 0 Å². The summed E-state index contributed by atoms with van der Waals surface area (Å²) in [6, 6.07) is 1.36. The number of carbonyl (C=O) groups is 1. The summed E-state index contributed by atoms with van der Waals surface area (Å²) in [5.74, 6) is -0.239. The molecule has 0 aliphatic heterocycles. The molecule has 1 aromatic heterocycles. The zero-order valence-corrected chi connectivity index (χ0v) is 10.2. The molecule has 1 rings (SSSR count). The van der Waals surface area contributed by atoms with Crippen LogP contribution >= 0.6 is 0 Å². The number of nitrogens with one attached hydrogen (secondary N) is 1. The molecule has 0 aliphatic carbocycles. The second-order valence-corrected chi connectivity index (χ2v) is 5.14. The zero-order chi connectivity index (χ0) is 12.3. The summed E-state index contributed by atoms with van der Waals surface area (Å²) in [5, 5.41) is 0. The maximum Gasteiger partial charge on any atom is 0.259 e. The Morgan fingerprint density at radius 1 is 1.44 bits per heavy atom. The molecule has 0 atom stereocenters. The van der Waals surface area contributed by atoms with Crippen LogP contribution in [0.4, 0.5) is 0 Å². The van der Waals surface area contributed by atoms with Gasteiger partial charge < -0.3 is 9.88 Å². The van der Waals surface area contributed by atoms with Crippen molar-refractivity contribution in [3.05, 3.63) is 34.2 Å². The number of amides is 1. The molecule has 0 fully saturated rings. The summed E-state index contributed by atoms with van der Waals surface area (Å²) in [6.45, 7) is 6.75. The molecule has 4 heteroatoms. The topological polar surface area (TPSA) is 53.2 Å². The van der Waals surface area contributed by atoms with Crippen molar-refractivity contribution in [2.75, 3.05) is 13.6 Å². The van der Waals surface area contributed by atoms with Crippen molar-refractivity contribution in [2.24, 2.45) is 5.41 Å². The largest absolute Gasteiger partial charge is 0.367 e. The molecule has 0 aromatic carbocycles. The predicted molar refractivity (Wildman–Crippen MR) is 63.5 cm³/mol. The summed E-state index contributed by atoms with van der Waals surface area (Å²) in [5.41, 5.74) is -0.0369. The molecule has 1 amide bonds. The van der Waals surface area contributed by atoms with Crippen molar-refractivity contribution >= 4 is 5.91 Å². The Bertz CT molecular complexity index is 429. The summed E-state index contributed by atoms with van der Waals surface area (Å²) in [4.78, 5) is 27.7. The number of nitrogens with zero attached hydrogens (tertiary/aromatic N) is 1. The van der Waals surface area contributed by atoms with Crippen molar-refractivity contribution in [3.8, 4) is 0 Å². The molecule has 1 N–H and O–H groups in total. The van der Waals surface area contributed by atoms with Gasteiger partial charge in [-0.25, -0.2) is 0 Å². The fourth-order valence-electron chi connectivity index (χ4n) is 1.57. The van der Waals surface area contributed by atoms with E-state index in [9.17, 15) is 9.59 Å². The molecular formula is C12H18N2O2. The zero-order valence-electron chi connectivity index (χ0n) is 10.2. The third kappa shape index (κ3) is 3.22. The number of hydrogen-bond acceptors (Lipinski definition) is 2. The number of carbonyl (C=O) groups excluding carboxylic acids is 1. The average Bonchev–Trinajstić information content (AvgIpc) is 2.15. The molecule has 16 heavy (non-hydrogen) atoms. The number of rotatable bonds is 2. The van der Waals surface area contributed by atoms with Gasteiger partial charge in [0.1, 0.15) is 5.56 Å². The van der Waals surface area contributed by atoms with Gasteiger partial charge in [0.15, 0.2) is 5.43 Å². The number of aromatic amines is 1. The van der Waals surface area contributed by atoms with Crippen molar-refractivity contribution in [2.45, 2.75) is 20.8 Å². The molecule has 0 bridgehead atoms. The van der Waals surface area contributed by atoms with Crippen molar-refractivity contribution in [3.63, 3.8) is 0 Å². The predicted octanol–water partition coefficient (Wildman–Crippen LogP) is 1.49. The fraction of sp³-hybridized carbons (Fsp3) is 0.500. The maximum absolute atomic E-state index is 11.9. The molecular weight excluding hydrogens is 204 g/mol. The lowest BCUT2D eigenvalue weighted by atomic mass is 9.96. The van der Waals surface area contributed by atoms with Crippen LogP contribution in [0.3, 0.4) is 0 Å². The maximum atomic E-state index is 11.9. The summed E-state index contributed by atoms with van der Waals surface area (Å²) in [7, 11) is 1.71. The van der Waals surface area contributed by atoms with Gasteiger partial charge in [-0.3, -0.25) is 9.59 Å². The first-order valence-corrected chi connectivity index (χ1v) is 5.24. The van der Waals surface area contributed by atoms with Crippen molar-refractivity contribution in [1.29, 1.82) is 0 Å². The number of H-pyrrole nitrogens is 1. The highest BCUT2D eigenvalue weighted by atomic mass is 16.2. The summed E-state index contributed by atoms with van der Waals surface area (Å²) >= 11 is 0. The van der Waals surface area contributed by atoms with Crippen LogP contribution in [0, 0.1) is 5.41 Å².